The summed E-state index contributed by atoms with van der Waals surface area (Å²) in [6.45, 7) is 0.333. The number of aromatic nitrogens is 1. The van der Waals surface area contributed by atoms with E-state index in [4.69, 9.17) is 16.3 Å². The van der Waals surface area contributed by atoms with E-state index in [2.05, 4.69) is 26.2 Å². The number of H-pyrrole nitrogens is 1. The number of pyridine rings is 1. The molecule has 0 radical (unpaired) electrons. The minimum absolute atomic E-state index is 0.224. The minimum atomic E-state index is -0.332. The van der Waals surface area contributed by atoms with Gasteiger partial charge < -0.3 is 15.0 Å². The van der Waals surface area contributed by atoms with Gasteiger partial charge in [-0.15, -0.1) is 0 Å². The topological polar surface area (TPSA) is 71.2 Å². The second-order valence-corrected chi connectivity index (χ2v) is 6.75. The Balaban J connectivity index is 1.95. The Morgan fingerprint density at radius 2 is 2.04 bits per heavy atom. The van der Waals surface area contributed by atoms with Gasteiger partial charge in [0.05, 0.1) is 22.7 Å². The molecule has 1 heterocycles. The van der Waals surface area contributed by atoms with E-state index in [1.165, 1.54) is 6.07 Å². The van der Waals surface area contributed by atoms with Gasteiger partial charge in [-0.25, -0.2) is 0 Å². The van der Waals surface area contributed by atoms with Gasteiger partial charge in [0, 0.05) is 28.7 Å². The van der Waals surface area contributed by atoms with Crippen LogP contribution in [0.1, 0.15) is 15.9 Å². The van der Waals surface area contributed by atoms with E-state index in [0.717, 1.165) is 15.4 Å². The Kier molecular flexibility index (Phi) is 5.22. The molecule has 1 aromatic heterocycles. The maximum atomic E-state index is 12.5. The third-order valence-corrected chi connectivity index (χ3v) is 4.48. The second-order valence-electron chi connectivity index (χ2n) is 5.43. The Labute approximate surface area is 157 Å². The van der Waals surface area contributed by atoms with E-state index >= 15 is 0 Å². The van der Waals surface area contributed by atoms with Gasteiger partial charge in [0.15, 0.2) is 0 Å². The number of hydrogen-bond acceptors (Lipinski definition) is 3. The predicted octanol–water partition coefficient (Wildman–Crippen LogP) is 4.34. The van der Waals surface area contributed by atoms with Crippen LogP contribution in [0.5, 0.6) is 0 Å². The molecular weight excluding hydrogens is 408 g/mol. The molecule has 25 heavy (non-hydrogen) atoms. The second kappa shape index (κ2) is 7.39. The smallest absolute Gasteiger partial charge is 0.257 e. The van der Waals surface area contributed by atoms with Crippen molar-refractivity contribution in [1.82, 2.24) is 4.98 Å². The number of fused-ring (bicyclic) bond motifs is 1. The number of rotatable bonds is 4. The van der Waals surface area contributed by atoms with Crippen molar-refractivity contribution in [1.29, 1.82) is 0 Å². The van der Waals surface area contributed by atoms with E-state index in [0.29, 0.717) is 28.4 Å². The Hall–Kier alpha value is -2.15. The fourth-order valence-corrected chi connectivity index (χ4v) is 3.12. The maximum Gasteiger partial charge on any atom is 0.257 e. The lowest BCUT2D eigenvalue weighted by Gasteiger charge is -2.10. The molecule has 0 bridgehead atoms. The van der Waals surface area contributed by atoms with Gasteiger partial charge in [0.1, 0.15) is 0 Å². The summed E-state index contributed by atoms with van der Waals surface area (Å²) in [5, 5.41) is 4.01. The van der Waals surface area contributed by atoms with Crippen molar-refractivity contribution < 1.29 is 9.53 Å². The van der Waals surface area contributed by atoms with Gasteiger partial charge in [0.25, 0.3) is 5.91 Å². The number of aromatic amines is 1. The fourth-order valence-electron chi connectivity index (χ4n) is 2.56. The number of carbonyl (C=O) groups excluding carboxylic acids is 1. The monoisotopic (exact) mass is 420 g/mol. The molecule has 3 rings (SSSR count). The molecule has 5 nitrogen and oxygen atoms in total. The lowest BCUT2D eigenvalue weighted by atomic mass is 10.1. The van der Waals surface area contributed by atoms with Crippen LogP contribution in [-0.2, 0) is 11.3 Å². The van der Waals surface area contributed by atoms with Crippen LogP contribution in [0.25, 0.3) is 10.9 Å². The average molecular weight is 422 g/mol. The summed E-state index contributed by atoms with van der Waals surface area (Å²) in [6.07, 6.45) is 0. The lowest BCUT2D eigenvalue weighted by Crippen LogP contribution is -2.13. The van der Waals surface area contributed by atoms with Crippen LogP contribution in [0.3, 0.4) is 0 Å². The van der Waals surface area contributed by atoms with Crippen molar-refractivity contribution in [2.45, 2.75) is 6.61 Å². The third-order valence-electron chi connectivity index (χ3n) is 3.66. The SMILES string of the molecule is COCc1cc(=O)[nH]c2cc(NC(=O)c3cc(Br)ccc3Cl)ccc12. The van der Waals surface area contributed by atoms with E-state index in [-0.39, 0.29) is 11.5 Å². The molecule has 0 saturated heterocycles. The highest BCUT2D eigenvalue weighted by atomic mass is 79.9. The molecule has 0 aliphatic heterocycles. The quantitative estimate of drug-likeness (QED) is 0.658. The molecule has 7 heteroatoms. The van der Waals surface area contributed by atoms with E-state index < -0.39 is 0 Å². The molecule has 0 aliphatic carbocycles. The molecule has 3 aromatic rings. The Morgan fingerprint density at radius 3 is 2.80 bits per heavy atom. The van der Waals surface area contributed by atoms with Crippen LogP contribution >= 0.6 is 27.5 Å². The van der Waals surface area contributed by atoms with Crippen molar-refractivity contribution in [3.63, 3.8) is 0 Å². The number of methoxy groups -OCH3 is 1. The molecule has 0 saturated carbocycles. The number of carbonyl (C=O) groups is 1. The summed E-state index contributed by atoms with van der Waals surface area (Å²) in [5.41, 5.74) is 2.10. The molecule has 0 fully saturated rings. The van der Waals surface area contributed by atoms with E-state index in [1.807, 2.05) is 6.07 Å². The Bertz CT molecular complexity index is 1020. The van der Waals surface area contributed by atoms with E-state index in [1.54, 1.807) is 37.4 Å². The number of nitrogens with one attached hydrogen (secondary N) is 2. The summed E-state index contributed by atoms with van der Waals surface area (Å²) in [4.78, 5) is 27.0. The molecule has 0 aliphatic rings. The fraction of sp³-hybridized carbons (Fsp3) is 0.111. The molecule has 0 unspecified atom stereocenters. The third kappa shape index (κ3) is 3.92. The van der Waals surface area contributed by atoms with Crippen molar-refractivity contribution in [2.24, 2.45) is 0 Å². The predicted molar refractivity (Wildman–Crippen MR) is 102 cm³/mol. The van der Waals surface area contributed by atoms with Crippen molar-refractivity contribution in [2.75, 3.05) is 12.4 Å². The summed E-state index contributed by atoms with van der Waals surface area (Å²) >= 11 is 9.41. The van der Waals surface area contributed by atoms with Crippen LogP contribution in [0, 0.1) is 0 Å². The highest BCUT2D eigenvalue weighted by molar-refractivity contribution is 9.10. The molecule has 128 valence electrons. The number of anilines is 1. The van der Waals surface area contributed by atoms with Crippen LogP contribution in [0.15, 0.2) is 51.7 Å². The number of hydrogen-bond donors (Lipinski definition) is 2. The van der Waals surface area contributed by atoms with Gasteiger partial charge in [-0.05, 0) is 35.9 Å². The minimum Gasteiger partial charge on any atom is -0.380 e. The van der Waals surface area contributed by atoms with Crippen LogP contribution in [0.4, 0.5) is 5.69 Å². The summed E-state index contributed by atoms with van der Waals surface area (Å²) < 4.78 is 5.88. The first-order valence-corrected chi connectivity index (χ1v) is 8.56. The first-order valence-electron chi connectivity index (χ1n) is 7.39. The molecule has 2 N–H and O–H groups in total. The lowest BCUT2D eigenvalue weighted by molar-refractivity contribution is 0.102. The highest BCUT2D eigenvalue weighted by Gasteiger charge is 2.12. The van der Waals surface area contributed by atoms with Gasteiger partial charge in [-0.1, -0.05) is 33.6 Å². The summed E-state index contributed by atoms with van der Waals surface area (Å²) in [7, 11) is 1.57. The maximum absolute atomic E-state index is 12.5. The standard InChI is InChI=1S/C18H14BrClN2O3/c1-25-9-10-6-17(23)22-16-8-12(3-4-13(10)16)21-18(24)14-7-11(19)2-5-15(14)20/h2-8H,9H2,1H3,(H,21,24)(H,22,23). The zero-order valence-corrected chi connectivity index (χ0v) is 15.6. The molecule has 1 amide bonds. The first-order chi connectivity index (χ1) is 12.0. The highest BCUT2D eigenvalue weighted by Crippen LogP contribution is 2.24. The normalized spacial score (nSPS) is 10.8. The Morgan fingerprint density at radius 1 is 1.24 bits per heavy atom. The first kappa shape index (κ1) is 17.7. The van der Waals surface area contributed by atoms with Crippen molar-refractivity contribution in [3.05, 3.63) is 73.4 Å². The van der Waals surface area contributed by atoms with Crippen molar-refractivity contribution >= 4 is 50.0 Å². The van der Waals surface area contributed by atoms with Crippen LogP contribution in [0.2, 0.25) is 5.02 Å². The molecule has 2 aromatic carbocycles. The zero-order valence-electron chi connectivity index (χ0n) is 13.2. The number of amides is 1. The summed E-state index contributed by atoms with van der Waals surface area (Å²) in [5.74, 6) is -0.332. The molecule has 0 spiro atoms. The van der Waals surface area contributed by atoms with Crippen LogP contribution < -0.4 is 10.9 Å². The summed E-state index contributed by atoms with van der Waals surface area (Å²) in [6, 6.07) is 11.9. The largest absolute Gasteiger partial charge is 0.380 e. The van der Waals surface area contributed by atoms with Gasteiger partial charge in [0.2, 0.25) is 5.56 Å². The number of benzene rings is 2. The van der Waals surface area contributed by atoms with E-state index in [9.17, 15) is 9.59 Å². The van der Waals surface area contributed by atoms with Gasteiger partial charge in [-0.3, -0.25) is 9.59 Å². The van der Waals surface area contributed by atoms with Gasteiger partial charge in [-0.2, -0.15) is 0 Å². The molecular formula is C18H14BrClN2O3. The van der Waals surface area contributed by atoms with Crippen molar-refractivity contribution in [3.8, 4) is 0 Å². The zero-order chi connectivity index (χ0) is 18.0. The number of ether oxygens (including phenoxy) is 1. The number of halogens is 2. The molecule has 0 atom stereocenters. The average Bonchev–Trinajstić information content (AvgIpc) is 2.56. The van der Waals surface area contributed by atoms with Gasteiger partial charge >= 0.3 is 0 Å². The van der Waals surface area contributed by atoms with Crippen LogP contribution in [-0.4, -0.2) is 18.0 Å².